The first-order chi connectivity index (χ1) is 8.63. The molecule has 1 saturated heterocycles. The Labute approximate surface area is 110 Å². The van der Waals surface area contributed by atoms with Crippen LogP contribution in [0.3, 0.4) is 0 Å². The highest BCUT2D eigenvalue weighted by molar-refractivity contribution is 5.82. The second-order valence-electron chi connectivity index (χ2n) is 5.83. The van der Waals surface area contributed by atoms with Crippen LogP contribution >= 0.6 is 0 Å². The number of nitrogens with one attached hydrogen (secondary N) is 1. The van der Waals surface area contributed by atoms with Crippen LogP contribution in [-0.2, 0) is 9.53 Å². The van der Waals surface area contributed by atoms with E-state index < -0.39 is 0 Å². The van der Waals surface area contributed by atoms with E-state index in [1.807, 2.05) is 11.9 Å². The molecule has 18 heavy (non-hydrogen) atoms. The quantitative estimate of drug-likeness (QED) is 0.828. The molecule has 1 aliphatic heterocycles. The van der Waals surface area contributed by atoms with Crippen molar-refractivity contribution in [1.82, 2.24) is 10.2 Å². The molecular weight excluding hydrogens is 228 g/mol. The molecule has 2 rings (SSSR count). The summed E-state index contributed by atoms with van der Waals surface area (Å²) in [6, 6.07) is 0.378. The Morgan fingerprint density at radius 2 is 2.06 bits per heavy atom. The smallest absolute Gasteiger partial charge is 0.239 e. The Morgan fingerprint density at radius 1 is 1.33 bits per heavy atom. The Morgan fingerprint density at radius 3 is 2.67 bits per heavy atom. The summed E-state index contributed by atoms with van der Waals surface area (Å²) in [5.41, 5.74) is 0. The normalized spacial score (nSPS) is 36.6. The monoisotopic (exact) mass is 254 g/mol. The molecule has 1 aliphatic carbocycles. The van der Waals surface area contributed by atoms with Gasteiger partial charge >= 0.3 is 0 Å². The first-order valence-electron chi connectivity index (χ1n) is 7.16. The lowest BCUT2D eigenvalue weighted by atomic mass is 9.85. The Bertz CT molecular complexity index is 296. The van der Waals surface area contributed by atoms with Gasteiger partial charge in [0.25, 0.3) is 0 Å². The highest BCUT2D eigenvalue weighted by atomic mass is 16.5. The van der Waals surface area contributed by atoms with Gasteiger partial charge in [0.1, 0.15) is 0 Å². The van der Waals surface area contributed by atoms with Crippen LogP contribution in [0.4, 0.5) is 0 Å². The maximum absolute atomic E-state index is 12.5. The molecule has 0 radical (unpaired) electrons. The Kier molecular flexibility index (Phi) is 4.62. The van der Waals surface area contributed by atoms with Crippen molar-refractivity contribution >= 4 is 5.91 Å². The molecule has 4 nitrogen and oxygen atoms in total. The molecule has 0 aromatic rings. The SMILES string of the molecule is COC1CNC(C(=O)N(C)C2CCCCC2C)C1. The lowest BCUT2D eigenvalue weighted by Gasteiger charge is -2.37. The number of amides is 1. The van der Waals surface area contributed by atoms with Crippen molar-refractivity contribution in [3.63, 3.8) is 0 Å². The highest BCUT2D eigenvalue weighted by Gasteiger charge is 2.35. The number of likely N-dealkylation sites (N-methyl/N-ethyl adjacent to an activating group) is 1. The molecule has 1 saturated carbocycles. The molecule has 0 spiro atoms. The van der Waals surface area contributed by atoms with Crippen molar-refractivity contribution < 1.29 is 9.53 Å². The van der Waals surface area contributed by atoms with Crippen LogP contribution in [0, 0.1) is 5.92 Å². The molecule has 2 aliphatic rings. The molecule has 0 aromatic heterocycles. The number of rotatable bonds is 3. The molecule has 4 atom stereocenters. The zero-order valence-electron chi connectivity index (χ0n) is 11.8. The van der Waals surface area contributed by atoms with Crippen molar-refractivity contribution in [1.29, 1.82) is 0 Å². The summed E-state index contributed by atoms with van der Waals surface area (Å²) in [6.07, 6.45) is 5.97. The minimum absolute atomic E-state index is 0.0472. The number of hydrogen-bond donors (Lipinski definition) is 1. The molecule has 0 aromatic carbocycles. The molecular formula is C14H26N2O2. The van der Waals surface area contributed by atoms with Crippen LogP contribution in [0.15, 0.2) is 0 Å². The number of carbonyl (C=O) groups is 1. The van der Waals surface area contributed by atoms with Crippen molar-refractivity contribution in [2.75, 3.05) is 20.7 Å². The lowest BCUT2D eigenvalue weighted by molar-refractivity contribution is -0.135. The number of carbonyl (C=O) groups excluding carboxylic acids is 1. The summed E-state index contributed by atoms with van der Waals surface area (Å²) < 4.78 is 5.30. The predicted octanol–water partition coefficient (Wildman–Crippen LogP) is 1.40. The van der Waals surface area contributed by atoms with Gasteiger partial charge in [-0.1, -0.05) is 19.8 Å². The minimum atomic E-state index is -0.0472. The number of methoxy groups -OCH3 is 1. The standard InChI is InChI=1S/C14H26N2O2/c1-10-6-4-5-7-13(10)16(2)14(17)12-8-11(18-3)9-15-12/h10-13,15H,4-9H2,1-3H3. The van der Waals surface area contributed by atoms with E-state index >= 15 is 0 Å². The molecule has 1 heterocycles. The van der Waals surface area contributed by atoms with E-state index in [9.17, 15) is 4.79 Å². The fraction of sp³-hybridized carbons (Fsp3) is 0.929. The Hall–Kier alpha value is -0.610. The predicted molar refractivity (Wildman–Crippen MR) is 71.4 cm³/mol. The minimum Gasteiger partial charge on any atom is -0.380 e. The molecule has 0 bridgehead atoms. The van der Waals surface area contributed by atoms with Crippen molar-refractivity contribution in [3.8, 4) is 0 Å². The first-order valence-corrected chi connectivity index (χ1v) is 7.16. The molecule has 104 valence electrons. The first kappa shape index (κ1) is 13.8. The largest absolute Gasteiger partial charge is 0.380 e. The number of ether oxygens (including phenoxy) is 1. The Balaban J connectivity index is 1.92. The average Bonchev–Trinajstić information content (AvgIpc) is 2.86. The van der Waals surface area contributed by atoms with Gasteiger partial charge in [0.15, 0.2) is 0 Å². The van der Waals surface area contributed by atoms with Crippen molar-refractivity contribution in [3.05, 3.63) is 0 Å². The number of nitrogens with zero attached hydrogens (tertiary/aromatic N) is 1. The fourth-order valence-electron chi connectivity index (χ4n) is 3.35. The van der Waals surface area contributed by atoms with Gasteiger partial charge in [-0.15, -0.1) is 0 Å². The van der Waals surface area contributed by atoms with Gasteiger partial charge < -0.3 is 15.0 Å². The van der Waals surface area contributed by atoms with Gasteiger partial charge in [-0.3, -0.25) is 4.79 Å². The third-order valence-corrected chi connectivity index (χ3v) is 4.63. The van der Waals surface area contributed by atoms with Crippen molar-refractivity contribution in [2.45, 2.75) is 57.2 Å². The fourth-order valence-corrected chi connectivity index (χ4v) is 3.35. The molecule has 1 N–H and O–H groups in total. The van der Waals surface area contributed by atoms with E-state index in [-0.39, 0.29) is 18.1 Å². The second-order valence-corrected chi connectivity index (χ2v) is 5.83. The van der Waals surface area contributed by atoms with Gasteiger partial charge in [0, 0.05) is 26.7 Å². The van der Waals surface area contributed by atoms with E-state index in [2.05, 4.69) is 12.2 Å². The van der Waals surface area contributed by atoms with Gasteiger partial charge in [-0.2, -0.15) is 0 Å². The maximum atomic E-state index is 12.5. The molecule has 4 unspecified atom stereocenters. The van der Waals surface area contributed by atoms with E-state index in [1.54, 1.807) is 7.11 Å². The van der Waals surface area contributed by atoms with Crippen LogP contribution in [0.2, 0.25) is 0 Å². The summed E-state index contributed by atoms with van der Waals surface area (Å²) in [6.45, 7) is 3.06. The third-order valence-electron chi connectivity index (χ3n) is 4.63. The van der Waals surface area contributed by atoms with E-state index in [4.69, 9.17) is 4.74 Å². The van der Waals surface area contributed by atoms with Gasteiger partial charge in [0.2, 0.25) is 5.91 Å². The van der Waals surface area contributed by atoms with Gasteiger partial charge in [0.05, 0.1) is 12.1 Å². The van der Waals surface area contributed by atoms with Crippen LogP contribution in [0.1, 0.15) is 39.0 Å². The van der Waals surface area contributed by atoms with E-state index in [1.165, 1.54) is 19.3 Å². The average molecular weight is 254 g/mol. The van der Waals surface area contributed by atoms with Crippen LogP contribution < -0.4 is 5.32 Å². The second kappa shape index (κ2) is 6.02. The van der Waals surface area contributed by atoms with Gasteiger partial charge in [-0.05, 0) is 25.2 Å². The number of hydrogen-bond acceptors (Lipinski definition) is 3. The zero-order valence-corrected chi connectivity index (χ0v) is 11.8. The van der Waals surface area contributed by atoms with E-state index in [0.717, 1.165) is 19.4 Å². The summed E-state index contributed by atoms with van der Waals surface area (Å²) >= 11 is 0. The van der Waals surface area contributed by atoms with E-state index in [0.29, 0.717) is 12.0 Å². The third kappa shape index (κ3) is 2.86. The summed E-state index contributed by atoms with van der Waals surface area (Å²) in [4.78, 5) is 14.4. The topological polar surface area (TPSA) is 41.6 Å². The molecule has 4 heteroatoms. The summed E-state index contributed by atoms with van der Waals surface area (Å²) in [5.74, 6) is 0.876. The summed E-state index contributed by atoms with van der Waals surface area (Å²) in [5, 5.41) is 3.28. The molecule has 1 amide bonds. The lowest BCUT2D eigenvalue weighted by Crippen LogP contribution is -2.49. The van der Waals surface area contributed by atoms with Crippen LogP contribution in [-0.4, -0.2) is 49.7 Å². The zero-order chi connectivity index (χ0) is 13.1. The maximum Gasteiger partial charge on any atom is 0.239 e. The van der Waals surface area contributed by atoms with Crippen LogP contribution in [0.5, 0.6) is 0 Å². The summed E-state index contributed by atoms with van der Waals surface area (Å²) in [7, 11) is 3.68. The molecule has 2 fully saturated rings. The van der Waals surface area contributed by atoms with Gasteiger partial charge in [-0.25, -0.2) is 0 Å². The highest BCUT2D eigenvalue weighted by Crippen LogP contribution is 2.28. The van der Waals surface area contributed by atoms with Crippen molar-refractivity contribution in [2.24, 2.45) is 5.92 Å². The van der Waals surface area contributed by atoms with Crippen LogP contribution in [0.25, 0.3) is 0 Å².